The van der Waals surface area contributed by atoms with Crippen LogP contribution >= 0.6 is 23.8 Å². The van der Waals surface area contributed by atoms with Gasteiger partial charge in [-0.3, -0.25) is 4.79 Å². The second-order valence-electron chi connectivity index (χ2n) is 7.28. The number of ether oxygens (including phenoxy) is 1. The van der Waals surface area contributed by atoms with Crippen LogP contribution < -0.4 is 10.2 Å². The summed E-state index contributed by atoms with van der Waals surface area (Å²) in [5, 5.41) is 4.70. The summed E-state index contributed by atoms with van der Waals surface area (Å²) >= 11 is 12.0. The van der Waals surface area contributed by atoms with Crippen LogP contribution in [-0.4, -0.2) is 79.8 Å². The van der Waals surface area contributed by atoms with Gasteiger partial charge in [-0.1, -0.05) is 17.7 Å². The van der Waals surface area contributed by atoms with Crippen molar-refractivity contribution in [3.8, 4) is 0 Å². The molecule has 27 heavy (non-hydrogen) atoms. The van der Waals surface area contributed by atoms with Crippen molar-refractivity contribution in [2.24, 2.45) is 0 Å². The van der Waals surface area contributed by atoms with E-state index in [0.717, 1.165) is 43.0 Å². The number of hydrogen-bond acceptors (Lipinski definition) is 3. The van der Waals surface area contributed by atoms with Gasteiger partial charge in [0, 0.05) is 13.1 Å². The number of quaternary nitrogens is 1. The summed E-state index contributed by atoms with van der Waals surface area (Å²) in [5.74, 6) is 0.226. The number of nitrogens with zero attached hydrogens (tertiary/aromatic N) is 2. The fourth-order valence-corrected chi connectivity index (χ4v) is 4.25. The van der Waals surface area contributed by atoms with Crippen molar-refractivity contribution in [1.29, 1.82) is 0 Å². The topological polar surface area (TPSA) is 49.2 Å². The molecule has 0 aliphatic carbocycles. The fraction of sp³-hybridized carbons (Fsp3) is 0.579. The molecule has 3 rings (SSSR count). The molecule has 0 spiro atoms. The van der Waals surface area contributed by atoms with Crippen molar-refractivity contribution >= 4 is 40.5 Å². The molecule has 2 aliphatic rings. The highest BCUT2D eigenvalue weighted by Crippen LogP contribution is 2.27. The lowest BCUT2D eigenvalue weighted by molar-refractivity contribution is -0.896. The third kappa shape index (κ3) is 5.31. The smallest absolute Gasteiger partial charge is 0.277 e. The maximum atomic E-state index is 12.4. The summed E-state index contributed by atoms with van der Waals surface area (Å²) in [5.41, 5.74) is 3.10. The van der Waals surface area contributed by atoms with Gasteiger partial charge >= 0.3 is 0 Å². The van der Waals surface area contributed by atoms with Crippen LogP contribution in [0.4, 0.5) is 5.69 Å². The lowest BCUT2D eigenvalue weighted by atomic mass is 10.1. The normalized spacial score (nSPS) is 18.5. The van der Waals surface area contributed by atoms with Gasteiger partial charge < -0.3 is 24.8 Å². The number of aryl methyl sites for hydroxylation is 2. The molecule has 2 saturated heterocycles. The minimum absolute atomic E-state index is 0.226. The number of benzene rings is 1. The van der Waals surface area contributed by atoms with Crippen LogP contribution in [0.15, 0.2) is 12.1 Å². The van der Waals surface area contributed by atoms with Gasteiger partial charge in [-0.2, -0.15) is 0 Å². The Labute approximate surface area is 171 Å². The molecule has 0 atom stereocenters. The number of halogens is 1. The van der Waals surface area contributed by atoms with Crippen molar-refractivity contribution < 1.29 is 14.4 Å². The molecular formula is C19H28ClN4O2S+. The van der Waals surface area contributed by atoms with Gasteiger partial charge in [-0.25, -0.2) is 0 Å². The molecule has 148 valence electrons. The molecule has 2 aliphatic heterocycles. The summed E-state index contributed by atoms with van der Waals surface area (Å²) in [7, 11) is 0. The molecule has 1 aromatic rings. The SMILES string of the molecule is Cc1cc(C)c(NC(=S)N2CC[NH+](CC(=O)N3CCOCC3)CC2)c(Cl)c1. The van der Waals surface area contributed by atoms with Crippen LogP contribution in [0, 0.1) is 13.8 Å². The van der Waals surface area contributed by atoms with Crippen LogP contribution in [0.3, 0.4) is 0 Å². The summed E-state index contributed by atoms with van der Waals surface area (Å²) in [6.45, 7) is 10.8. The zero-order valence-corrected chi connectivity index (χ0v) is 17.6. The van der Waals surface area contributed by atoms with Gasteiger partial charge in [0.15, 0.2) is 11.7 Å². The van der Waals surface area contributed by atoms with E-state index in [1.165, 1.54) is 4.90 Å². The van der Waals surface area contributed by atoms with E-state index in [4.69, 9.17) is 28.6 Å². The van der Waals surface area contributed by atoms with E-state index in [1.54, 1.807) is 0 Å². The number of nitrogens with one attached hydrogen (secondary N) is 2. The van der Waals surface area contributed by atoms with Crippen molar-refractivity contribution in [1.82, 2.24) is 9.80 Å². The molecule has 8 heteroatoms. The van der Waals surface area contributed by atoms with Crippen molar-refractivity contribution in [3.63, 3.8) is 0 Å². The van der Waals surface area contributed by atoms with Crippen LogP contribution in [0.5, 0.6) is 0 Å². The van der Waals surface area contributed by atoms with Gasteiger partial charge in [0.25, 0.3) is 5.91 Å². The molecule has 0 radical (unpaired) electrons. The number of carbonyl (C=O) groups is 1. The predicted octanol–water partition coefficient (Wildman–Crippen LogP) is 0.713. The summed E-state index contributed by atoms with van der Waals surface area (Å²) in [4.78, 5) is 17.8. The second-order valence-corrected chi connectivity index (χ2v) is 8.07. The summed E-state index contributed by atoms with van der Waals surface area (Å²) in [6, 6.07) is 4.04. The molecule has 2 N–H and O–H groups in total. The van der Waals surface area contributed by atoms with E-state index in [1.807, 2.05) is 24.8 Å². The van der Waals surface area contributed by atoms with E-state index in [-0.39, 0.29) is 5.91 Å². The average molecular weight is 412 g/mol. The first-order valence-electron chi connectivity index (χ1n) is 9.46. The third-order valence-electron chi connectivity index (χ3n) is 5.19. The van der Waals surface area contributed by atoms with Crippen molar-refractivity contribution in [2.75, 3.05) is 64.3 Å². The standard InChI is InChI=1S/C19H27ClN4O2S/c1-14-11-15(2)18(16(20)12-14)21-19(27)24-5-3-22(4-6-24)13-17(25)23-7-9-26-10-8-23/h11-12H,3-10,13H2,1-2H3,(H,21,27)/p+1. The Kier molecular flexibility index (Phi) is 6.92. The third-order valence-corrected chi connectivity index (χ3v) is 5.84. The first-order valence-corrected chi connectivity index (χ1v) is 10.2. The molecule has 0 saturated carbocycles. The first kappa shape index (κ1) is 20.3. The lowest BCUT2D eigenvalue weighted by Gasteiger charge is -2.35. The first-order chi connectivity index (χ1) is 12.9. The van der Waals surface area contributed by atoms with E-state index >= 15 is 0 Å². The highest BCUT2D eigenvalue weighted by atomic mass is 35.5. The van der Waals surface area contributed by atoms with Crippen LogP contribution in [-0.2, 0) is 9.53 Å². The largest absolute Gasteiger partial charge is 0.378 e. The summed E-state index contributed by atoms with van der Waals surface area (Å²) < 4.78 is 5.31. The monoisotopic (exact) mass is 411 g/mol. The van der Waals surface area contributed by atoms with Crippen LogP contribution in [0.1, 0.15) is 11.1 Å². The highest BCUT2D eigenvalue weighted by Gasteiger charge is 2.26. The summed E-state index contributed by atoms with van der Waals surface area (Å²) in [6.07, 6.45) is 0. The van der Waals surface area contributed by atoms with Crippen LogP contribution in [0.25, 0.3) is 0 Å². The zero-order chi connectivity index (χ0) is 19.4. The van der Waals surface area contributed by atoms with Crippen LogP contribution in [0.2, 0.25) is 5.02 Å². The minimum Gasteiger partial charge on any atom is -0.378 e. The molecule has 2 fully saturated rings. The van der Waals surface area contributed by atoms with E-state index in [9.17, 15) is 4.79 Å². The number of morpholine rings is 1. The fourth-order valence-electron chi connectivity index (χ4n) is 3.60. The highest BCUT2D eigenvalue weighted by molar-refractivity contribution is 7.80. The Balaban J connectivity index is 1.48. The number of thiocarbonyl (C=S) groups is 1. The molecule has 2 heterocycles. The number of anilines is 1. The Morgan fingerprint density at radius 2 is 1.85 bits per heavy atom. The maximum Gasteiger partial charge on any atom is 0.277 e. The van der Waals surface area contributed by atoms with Gasteiger partial charge in [-0.05, 0) is 43.3 Å². The van der Waals surface area contributed by atoms with Gasteiger partial charge in [0.05, 0.1) is 50.1 Å². The average Bonchev–Trinajstić information content (AvgIpc) is 2.65. The number of amides is 1. The molecular weight excluding hydrogens is 384 g/mol. The second kappa shape index (κ2) is 9.19. The number of hydrogen-bond donors (Lipinski definition) is 2. The molecule has 0 bridgehead atoms. The molecule has 0 aromatic heterocycles. The van der Waals surface area contributed by atoms with E-state index in [2.05, 4.69) is 16.3 Å². The quantitative estimate of drug-likeness (QED) is 0.717. The van der Waals surface area contributed by atoms with E-state index < -0.39 is 0 Å². The maximum absolute atomic E-state index is 12.4. The predicted molar refractivity (Wildman–Crippen MR) is 112 cm³/mol. The number of rotatable bonds is 3. The Morgan fingerprint density at radius 3 is 2.48 bits per heavy atom. The lowest BCUT2D eigenvalue weighted by Crippen LogP contribution is -3.15. The molecule has 0 unspecified atom stereocenters. The Hall–Kier alpha value is -1.41. The molecule has 6 nitrogen and oxygen atoms in total. The van der Waals surface area contributed by atoms with Crippen molar-refractivity contribution in [2.45, 2.75) is 13.8 Å². The molecule has 1 amide bonds. The Morgan fingerprint density at radius 1 is 1.19 bits per heavy atom. The number of carbonyl (C=O) groups excluding carboxylic acids is 1. The number of piperazine rings is 1. The zero-order valence-electron chi connectivity index (χ0n) is 16.0. The molecule has 1 aromatic carbocycles. The van der Waals surface area contributed by atoms with Gasteiger partial charge in [0.2, 0.25) is 0 Å². The Bertz CT molecular complexity index is 678. The van der Waals surface area contributed by atoms with Crippen molar-refractivity contribution in [3.05, 3.63) is 28.3 Å². The van der Waals surface area contributed by atoms with Gasteiger partial charge in [0.1, 0.15) is 0 Å². The van der Waals surface area contributed by atoms with E-state index in [0.29, 0.717) is 43.0 Å². The van der Waals surface area contributed by atoms with Gasteiger partial charge in [-0.15, -0.1) is 0 Å². The minimum atomic E-state index is 0.226.